The molecule has 11 heavy (non-hydrogen) atoms. The van der Waals surface area contributed by atoms with Gasteiger partial charge in [0.1, 0.15) is 0 Å². The van der Waals surface area contributed by atoms with E-state index in [-0.39, 0.29) is 36.5 Å². The summed E-state index contributed by atoms with van der Waals surface area (Å²) in [6, 6.07) is 5.36. The zero-order valence-electron chi connectivity index (χ0n) is 5.78. The smallest absolute Gasteiger partial charge is 1.00 e. The van der Waals surface area contributed by atoms with Gasteiger partial charge >= 0.3 is 19.5 Å². The van der Waals surface area contributed by atoms with Gasteiger partial charge in [-0.25, -0.2) is 0 Å². The first kappa shape index (κ1) is 14.3. The topological polar surface area (TPSA) is 0 Å². The number of hydrogen-bond acceptors (Lipinski definition) is 0. The van der Waals surface area contributed by atoms with Gasteiger partial charge in [-0.2, -0.15) is 30.2 Å². The van der Waals surface area contributed by atoms with Crippen LogP contribution in [0.1, 0.15) is 5.56 Å². The molecule has 0 unspecified atom stereocenters. The molecule has 0 atom stereocenters. The minimum Gasteiger partial charge on any atom is -1.00 e. The summed E-state index contributed by atoms with van der Waals surface area (Å²) in [6.45, 7) is 3.66. The molecule has 0 amide bonds. The number of halogens is 3. The number of hydrogen-bond donors (Lipinski definition) is 0. The summed E-state index contributed by atoms with van der Waals surface area (Å²) in [6.07, 6.45) is 0. The van der Waals surface area contributed by atoms with Crippen molar-refractivity contribution in [3.63, 3.8) is 0 Å². The fourth-order valence-corrected chi connectivity index (χ4v) is 0.869. The van der Waals surface area contributed by atoms with Crippen molar-refractivity contribution in [2.45, 2.75) is 0 Å². The molecule has 0 saturated heterocycles. The molecule has 0 aromatic heterocycles. The quantitative estimate of drug-likeness (QED) is 0.474. The van der Waals surface area contributed by atoms with E-state index in [1.807, 2.05) is 12.1 Å². The van der Waals surface area contributed by atoms with E-state index in [0.29, 0.717) is 10.0 Å². The Morgan fingerprint density at radius 2 is 1.73 bits per heavy atom. The van der Waals surface area contributed by atoms with Gasteiger partial charge in [0.15, 0.2) is 0 Å². The third-order valence-electron chi connectivity index (χ3n) is 1.03. The third-order valence-corrected chi connectivity index (χ3v) is 1.89. The van der Waals surface area contributed by atoms with Crippen molar-refractivity contribution in [1.29, 1.82) is 0 Å². The molecule has 4 heteroatoms. The third kappa shape index (κ3) is 3.80. The molecular formula is C7H5BrCl2Zn. The summed E-state index contributed by atoms with van der Waals surface area (Å²) in [5, 5.41) is 1.10. The van der Waals surface area contributed by atoms with E-state index in [2.05, 4.69) is 6.92 Å². The Bertz CT molecular complexity index is 207. The second-order valence-corrected chi connectivity index (χ2v) is 2.50. The van der Waals surface area contributed by atoms with Crippen molar-refractivity contribution in [1.82, 2.24) is 0 Å². The van der Waals surface area contributed by atoms with E-state index in [1.54, 1.807) is 6.07 Å². The summed E-state index contributed by atoms with van der Waals surface area (Å²) in [5.74, 6) is 0. The van der Waals surface area contributed by atoms with Gasteiger partial charge in [0.05, 0.1) is 0 Å². The maximum atomic E-state index is 5.68. The SMILES string of the molecule is [Br-].[CH2-]c1cccc(Cl)c1Cl.[Zn+2]. The summed E-state index contributed by atoms with van der Waals surface area (Å²) in [7, 11) is 0. The molecule has 0 heterocycles. The van der Waals surface area contributed by atoms with Crippen LogP contribution in [0.5, 0.6) is 0 Å². The van der Waals surface area contributed by atoms with E-state index in [9.17, 15) is 0 Å². The maximum Gasteiger partial charge on any atom is 2.00 e. The predicted molar refractivity (Wildman–Crippen MR) is 40.9 cm³/mol. The molecule has 0 N–H and O–H groups in total. The normalized spacial score (nSPS) is 7.82. The molecule has 0 aliphatic rings. The van der Waals surface area contributed by atoms with E-state index < -0.39 is 0 Å². The Morgan fingerprint density at radius 1 is 1.18 bits per heavy atom. The van der Waals surface area contributed by atoms with Crippen molar-refractivity contribution in [3.05, 3.63) is 40.7 Å². The minimum atomic E-state index is 0. The maximum absolute atomic E-state index is 5.68. The predicted octanol–water partition coefficient (Wildman–Crippen LogP) is 0.177. The first-order valence-corrected chi connectivity index (χ1v) is 3.23. The van der Waals surface area contributed by atoms with Crippen LogP contribution in [0.25, 0.3) is 0 Å². The molecule has 1 aromatic carbocycles. The molecule has 0 aliphatic carbocycles. The number of benzene rings is 1. The Balaban J connectivity index is 0. The van der Waals surface area contributed by atoms with Crippen molar-refractivity contribution in [3.8, 4) is 0 Å². The van der Waals surface area contributed by atoms with Gasteiger partial charge in [0, 0.05) is 5.02 Å². The molecule has 0 fully saturated rings. The number of rotatable bonds is 0. The van der Waals surface area contributed by atoms with E-state index >= 15 is 0 Å². The van der Waals surface area contributed by atoms with Crippen molar-refractivity contribution in [2.75, 3.05) is 0 Å². The van der Waals surface area contributed by atoms with Crippen LogP contribution >= 0.6 is 23.2 Å². The molecule has 56 valence electrons. The molecule has 1 rings (SSSR count). The fraction of sp³-hybridized carbons (Fsp3) is 0. The zero-order chi connectivity index (χ0) is 6.85. The van der Waals surface area contributed by atoms with Gasteiger partial charge in [0.25, 0.3) is 0 Å². The summed E-state index contributed by atoms with van der Waals surface area (Å²) in [4.78, 5) is 0. The molecular weight excluding hydrogens is 300 g/mol. The van der Waals surface area contributed by atoms with Crippen LogP contribution < -0.4 is 17.0 Å². The van der Waals surface area contributed by atoms with Gasteiger partial charge in [-0.15, -0.1) is 6.07 Å². The van der Waals surface area contributed by atoms with Crippen LogP contribution in [0.2, 0.25) is 10.0 Å². The summed E-state index contributed by atoms with van der Waals surface area (Å²) in [5.41, 5.74) is 0.768. The van der Waals surface area contributed by atoms with Gasteiger partial charge < -0.3 is 17.0 Å². The Kier molecular flexibility index (Phi) is 8.20. The second-order valence-electron chi connectivity index (χ2n) is 1.71. The van der Waals surface area contributed by atoms with Crippen LogP contribution in [0.3, 0.4) is 0 Å². The van der Waals surface area contributed by atoms with Crippen molar-refractivity contribution in [2.24, 2.45) is 0 Å². The average molecular weight is 305 g/mol. The van der Waals surface area contributed by atoms with Gasteiger partial charge in [-0.3, -0.25) is 0 Å². The monoisotopic (exact) mass is 302 g/mol. The minimum absolute atomic E-state index is 0. The molecule has 1 aromatic rings. The average Bonchev–Trinajstić information content (AvgIpc) is 1.83. The van der Waals surface area contributed by atoms with Gasteiger partial charge in [-0.05, 0) is 5.02 Å². The molecule has 0 spiro atoms. The van der Waals surface area contributed by atoms with E-state index in [4.69, 9.17) is 23.2 Å². The Morgan fingerprint density at radius 3 is 2.09 bits per heavy atom. The Hall–Kier alpha value is 0.773. The standard InChI is InChI=1S/C7H5Cl2.BrH.Zn/c1-5-3-2-4-6(8)7(5)9;;/h2-4H,1H2;1H;/q-1;;+2/p-1. The molecule has 0 bridgehead atoms. The zero-order valence-corrected chi connectivity index (χ0v) is 11.8. The summed E-state index contributed by atoms with van der Waals surface area (Å²) < 4.78 is 0. The second kappa shape index (κ2) is 6.31. The molecule has 0 aliphatic heterocycles. The van der Waals surface area contributed by atoms with Gasteiger partial charge in [0.2, 0.25) is 0 Å². The first-order valence-electron chi connectivity index (χ1n) is 2.48. The van der Waals surface area contributed by atoms with Crippen LogP contribution in [0, 0.1) is 6.92 Å². The van der Waals surface area contributed by atoms with Gasteiger partial charge in [-0.1, -0.05) is 17.7 Å². The van der Waals surface area contributed by atoms with Crippen molar-refractivity contribution < 1.29 is 36.5 Å². The van der Waals surface area contributed by atoms with Crippen LogP contribution in [-0.4, -0.2) is 0 Å². The molecule has 0 saturated carbocycles. The molecule has 0 nitrogen and oxygen atoms in total. The van der Waals surface area contributed by atoms with E-state index in [0.717, 1.165) is 5.56 Å². The largest absolute Gasteiger partial charge is 2.00 e. The first-order chi connectivity index (χ1) is 4.22. The summed E-state index contributed by atoms with van der Waals surface area (Å²) >= 11 is 11.3. The van der Waals surface area contributed by atoms with Crippen LogP contribution in [-0.2, 0) is 19.5 Å². The van der Waals surface area contributed by atoms with Crippen LogP contribution in [0.4, 0.5) is 0 Å². The molecule has 0 radical (unpaired) electrons. The van der Waals surface area contributed by atoms with Crippen LogP contribution in [0.15, 0.2) is 18.2 Å². The van der Waals surface area contributed by atoms with E-state index in [1.165, 1.54) is 0 Å². The Labute approximate surface area is 99.8 Å². The fourth-order valence-electron chi connectivity index (χ4n) is 0.548. The van der Waals surface area contributed by atoms with Crippen molar-refractivity contribution >= 4 is 23.2 Å².